The van der Waals surface area contributed by atoms with E-state index in [1.807, 2.05) is 37.3 Å². The quantitative estimate of drug-likeness (QED) is 0.760. The molecule has 5 nitrogen and oxygen atoms in total. The zero-order valence-corrected chi connectivity index (χ0v) is 17.5. The Hall–Kier alpha value is -1.70. The van der Waals surface area contributed by atoms with Crippen LogP contribution in [-0.2, 0) is 39.1 Å². The molecule has 2 aliphatic rings. The maximum absolute atomic E-state index is 13.3. The van der Waals surface area contributed by atoms with Gasteiger partial charge < -0.3 is 0 Å². The predicted molar refractivity (Wildman–Crippen MR) is 110 cm³/mol. The topological polar surface area (TPSA) is 71.5 Å². The molecule has 2 aromatic rings. The fourth-order valence-corrected chi connectivity index (χ4v) is 9.15. The molecule has 2 aliphatic heterocycles. The Morgan fingerprint density at radius 3 is 2.36 bits per heavy atom. The van der Waals surface area contributed by atoms with E-state index < -0.39 is 31.0 Å². The summed E-state index contributed by atoms with van der Waals surface area (Å²) in [5.41, 5.74) is 3.47. The van der Waals surface area contributed by atoms with Crippen LogP contribution in [0.1, 0.15) is 23.6 Å². The molecule has 1 saturated heterocycles. The van der Waals surface area contributed by atoms with Crippen molar-refractivity contribution in [2.75, 3.05) is 18.1 Å². The molecule has 0 aliphatic carbocycles. The lowest BCUT2D eigenvalue weighted by molar-refractivity contribution is 0.195. The van der Waals surface area contributed by atoms with E-state index in [1.165, 1.54) is 5.56 Å². The summed E-state index contributed by atoms with van der Waals surface area (Å²) in [5, 5.41) is -0.921. The largest absolute Gasteiger partial charge is 0.293 e. The maximum Gasteiger partial charge on any atom is 0.183 e. The number of benzene rings is 2. The van der Waals surface area contributed by atoms with Crippen LogP contribution in [0, 0.1) is 0 Å². The Balaban J connectivity index is 1.66. The molecule has 0 N–H and O–H groups in total. The van der Waals surface area contributed by atoms with Gasteiger partial charge in [0.2, 0.25) is 0 Å². The zero-order chi connectivity index (χ0) is 19.9. The average Bonchev–Trinajstić information content (AvgIpc) is 3.04. The van der Waals surface area contributed by atoms with Gasteiger partial charge >= 0.3 is 0 Å². The lowest BCUT2D eigenvalue weighted by Crippen LogP contribution is -2.48. The first-order valence-corrected chi connectivity index (χ1v) is 13.0. The molecule has 4 rings (SSSR count). The van der Waals surface area contributed by atoms with Crippen molar-refractivity contribution >= 4 is 19.7 Å². The molecule has 0 spiro atoms. The van der Waals surface area contributed by atoms with E-state index in [9.17, 15) is 16.8 Å². The number of rotatable bonds is 4. The predicted octanol–water partition coefficient (Wildman–Crippen LogP) is 2.25. The molecular weight excluding hydrogens is 394 g/mol. The molecule has 0 radical (unpaired) electrons. The second kappa shape index (κ2) is 7.28. The number of sulfone groups is 2. The van der Waals surface area contributed by atoms with E-state index in [1.54, 1.807) is 12.1 Å². The lowest BCUT2D eigenvalue weighted by atomic mass is 9.98. The van der Waals surface area contributed by atoms with Gasteiger partial charge in [0.25, 0.3) is 0 Å². The first-order valence-electron chi connectivity index (χ1n) is 9.64. The summed E-state index contributed by atoms with van der Waals surface area (Å²) in [6.45, 7) is 3.28. The second-order valence-corrected chi connectivity index (χ2v) is 12.0. The molecular formula is C21H25NO4S2. The summed E-state index contributed by atoms with van der Waals surface area (Å²) in [7, 11) is -7.13. The highest BCUT2D eigenvalue weighted by molar-refractivity contribution is 7.96. The van der Waals surface area contributed by atoms with E-state index in [-0.39, 0.29) is 16.4 Å². The van der Waals surface area contributed by atoms with Crippen LogP contribution in [0.4, 0.5) is 0 Å². The normalized spacial score (nSPS) is 24.8. The number of hydrogen-bond donors (Lipinski definition) is 0. The standard InChI is InChI=1S/C21H25NO4S2/c1-2-16-7-9-19(10-8-16)28(25,26)21-15-27(23,24)14-20(21)22-12-11-17-5-3-4-6-18(17)13-22/h3-10,20-21H,2,11-15H2,1H3/t20-,21-/m1/s1. The van der Waals surface area contributed by atoms with Crippen molar-refractivity contribution in [1.82, 2.24) is 4.90 Å². The van der Waals surface area contributed by atoms with E-state index in [0.29, 0.717) is 13.1 Å². The summed E-state index contributed by atoms with van der Waals surface area (Å²) < 4.78 is 51.5. The fourth-order valence-electron chi connectivity index (χ4n) is 4.32. The molecule has 2 heterocycles. The van der Waals surface area contributed by atoms with Crippen molar-refractivity contribution < 1.29 is 16.8 Å². The monoisotopic (exact) mass is 419 g/mol. The maximum atomic E-state index is 13.3. The molecule has 2 atom stereocenters. The van der Waals surface area contributed by atoms with Crippen LogP contribution >= 0.6 is 0 Å². The van der Waals surface area contributed by atoms with Crippen molar-refractivity contribution in [1.29, 1.82) is 0 Å². The lowest BCUT2D eigenvalue weighted by Gasteiger charge is -2.35. The van der Waals surface area contributed by atoms with Gasteiger partial charge in [-0.1, -0.05) is 43.3 Å². The first-order chi connectivity index (χ1) is 13.3. The minimum absolute atomic E-state index is 0.0912. The third kappa shape index (κ3) is 3.63. The smallest absolute Gasteiger partial charge is 0.183 e. The van der Waals surface area contributed by atoms with Crippen LogP contribution in [0.25, 0.3) is 0 Å². The van der Waals surface area contributed by atoms with E-state index in [2.05, 4.69) is 11.0 Å². The van der Waals surface area contributed by atoms with Crippen molar-refractivity contribution in [2.45, 2.75) is 42.5 Å². The van der Waals surface area contributed by atoms with Crippen LogP contribution in [0.15, 0.2) is 53.4 Å². The molecule has 2 aromatic carbocycles. The molecule has 0 aromatic heterocycles. The van der Waals surface area contributed by atoms with Crippen LogP contribution in [0.2, 0.25) is 0 Å². The van der Waals surface area contributed by atoms with Crippen LogP contribution in [0.5, 0.6) is 0 Å². The van der Waals surface area contributed by atoms with E-state index in [4.69, 9.17) is 0 Å². The fraction of sp³-hybridized carbons (Fsp3) is 0.429. The highest BCUT2D eigenvalue weighted by atomic mass is 32.2. The van der Waals surface area contributed by atoms with E-state index >= 15 is 0 Å². The van der Waals surface area contributed by atoms with Gasteiger partial charge in [0, 0.05) is 19.1 Å². The second-order valence-electron chi connectivity index (χ2n) is 7.71. The summed E-state index contributed by atoms with van der Waals surface area (Å²) in [6.07, 6.45) is 1.64. The van der Waals surface area contributed by atoms with Gasteiger partial charge in [0.05, 0.1) is 21.7 Å². The number of aryl methyl sites for hydroxylation is 1. The minimum atomic E-state index is -3.73. The molecule has 0 bridgehead atoms. The zero-order valence-electron chi connectivity index (χ0n) is 15.9. The average molecular weight is 420 g/mol. The van der Waals surface area contributed by atoms with Gasteiger partial charge in [0.15, 0.2) is 19.7 Å². The van der Waals surface area contributed by atoms with Gasteiger partial charge in [-0.25, -0.2) is 16.8 Å². The first kappa shape index (κ1) is 19.6. The molecule has 0 unspecified atom stereocenters. The van der Waals surface area contributed by atoms with Crippen molar-refractivity contribution in [3.63, 3.8) is 0 Å². The van der Waals surface area contributed by atoms with Gasteiger partial charge in [-0.15, -0.1) is 0 Å². The van der Waals surface area contributed by atoms with Gasteiger partial charge in [-0.2, -0.15) is 0 Å². The summed E-state index contributed by atoms with van der Waals surface area (Å²) in [4.78, 5) is 2.27. The highest BCUT2D eigenvalue weighted by Gasteiger charge is 2.48. The number of nitrogens with zero attached hydrogens (tertiary/aromatic N) is 1. The molecule has 7 heteroatoms. The van der Waals surface area contributed by atoms with Crippen molar-refractivity contribution in [3.8, 4) is 0 Å². The third-order valence-corrected chi connectivity index (χ3v) is 10.1. The Kier molecular flexibility index (Phi) is 5.10. The molecule has 0 saturated carbocycles. The Labute approximate surface area is 167 Å². The van der Waals surface area contributed by atoms with Crippen molar-refractivity contribution in [2.24, 2.45) is 0 Å². The third-order valence-electron chi connectivity index (χ3n) is 5.96. The van der Waals surface area contributed by atoms with Gasteiger partial charge in [-0.3, -0.25) is 4.90 Å². The number of hydrogen-bond acceptors (Lipinski definition) is 5. The Morgan fingerprint density at radius 2 is 1.68 bits per heavy atom. The van der Waals surface area contributed by atoms with Crippen LogP contribution in [-0.4, -0.2) is 51.1 Å². The SMILES string of the molecule is CCc1ccc(S(=O)(=O)[C@@H]2CS(=O)(=O)C[C@H]2N2CCc3ccccc3C2)cc1. The molecule has 1 fully saturated rings. The molecule has 28 heavy (non-hydrogen) atoms. The summed E-state index contributed by atoms with van der Waals surface area (Å²) in [5.74, 6) is -0.389. The Morgan fingerprint density at radius 1 is 1.00 bits per heavy atom. The van der Waals surface area contributed by atoms with E-state index in [0.717, 1.165) is 24.0 Å². The van der Waals surface area contributed by atoms with Crippen molar-refractivity contribution in [3.05, 3.63) is 65.2 Å². The summed E-state index contributed by atoms with van der Waals surface area (Å²) >= 11 is 0. The van der Waals surface area contributed by atoms with Crippen LogP contribution in [0.3, 0.4) is 0 Å². The van der Waals surface area contributed by atoms with Gasteiger partial charge in [0.1, 0.15) is 0 Å². The number of fused-ring (bicyclic) bond motifs is 1. The molecule has 0 amide bonds. The Bertz CT molecular complexity index is 1080. The summed E-state index contributed by atoms with van der Waals surface area (Å²) in [6, 6.07) is 14.4. The van der Waals surface area contributed by atoms with Crippen LogP contribution < -0.4 is 0 Å². The minimum Gasteiger partial charge on any atom is -0.293 e. The van der Waals surface area contributed by atoms with Gasteiger partial charge in [-0.05, 0) is 41.7 Å². The highest BCUT2D eigenvalue weighted by Crippen LogP contribution is 2.32. The molecule has 150 valence electrons.